The fraction of sp³-hybridized carbons (Fsp3) is 0.296. The van der Waals surface area contributed by atoms with Crippen molar-refractivity contribution >= 4 is 11.6 Å². The van der Waals surface area contributed by atoms with Gasteiger partial charge in [-0.3, -0.25) is 14.5 Å². The molecule has 0 radical (unpaired) electrons. The zero-order valence-corrected chi connectivity index (χ0v) is 20.2. The van der Waals surface area contributed by atoms with Gasteiger partial charge in [-0.05, 0) is 30.2 Å². The Bertz CT molecular complexity index is 1440. The molecule has 0 bridgehead atoms. The van der Waals surface area contributed by atoms with Gasteiger partial charge in [0, 0.05) is 45.3 Å². The Hall–Kier alpha value is -3.91. The molecule has 3 heterocycles. The topological polar surface area (TPSA) is 80.9 Å². The Labute approximate surface area is 203 Å². The van der Waals surface area contributed by atoms with Crippen molar-refractivity contribution in [2.75, 3.05) is 13.7 Å². The number of amides is 1. The largest absolute Gasteiger partial charge is 0.497 e. The van der Waals surface area contributed by atoms with Gasteiger partial charge in [0.2, 0.25) is 0 Å². The molecule has 0 spiro atoms. The lowest BCUT2D eigenvalue weighted by Gasteiger charge is -2.30. The molecule has 1 aliphatic rings. The lowest BCUT2D eigenvalue weighted by Crippen LogP contribution is -2.38. The highest BCUT2D eigenvalue weighted by molar-refractivity contribution is 5.99. The van der Waals surface area contributed by atoms with Crippen molar-refractivity contribution in [1.82, 2.24) is 24.4 Å². The molecule has 2 aromatic carbocycles. The first kappa shape index (κ1) is 22.9. The van der Waals surface area contributed by atoms with Gasteiger partial charge >= 0.3 is 0 Å². The summed E-state index contributed by atoms with van der Waals surface area (Å²) in [6, 6.07) is 16.0. The SMILES string of the molecule is COc1ccc(CN2CCc3c(c(=O)n4ncc(C(=O)NCc5ccc(C)cc5)c4n3C)C2)cc1. The maximum atomic E-state index is 13.4. The molecule has 0 aliphatic carbocycles. The summed E-state index contributed by atoms with van der Waals surface area (Å²) in [5.74, 6) is 0.582. The minimum Gasteiger partial charge on any atom is -0.497 e. The summed E-state index contributed by atoms with van der Waals surface area (Å²) in [5, 5.41) is 7.25. The standard InChI is InChI=1S/C27H29N5O3/c1-18-4-6-19(7-5-18)14-28-25(33)22-15-29-32-26(22)30(2)24-12-13-31(17-23(24)27(32)34)16-20-8-10-21(35-3)11-9-20/h4-11,15H,12-14,16-17H2,1-3H3,(H,28,33). The fourth-order valence-corrected chi connectivity index (χ4v) is 4.71. The van der Waals surface area contributed by atoms with Crippen LogP contribution in [0.2, 0.25) is 0 Å². The van der Waals surface area contributed by atoms with Crippen LogP contribution in [0.5, 0.6) is 5.75 Å². The number of nitrogens with one attached hydrogen (secondary N) is 1. The number of hydrogen-bond donors (Lipinski definition) is 1. The van der Waals surface area contributed by atoms with Crippen molar-refractivity contribution in [2.24, 2.45) is 7.05 Å². The molecule has 4 aromatic rings. The normalized spacial score (nSPS) is 13.6. The Morgan fingerprint density at radius 2 is 1.80 bits per heavy atom. The summed E-state index contributed by atoms with van der Waals surface area (Å²) in [6.45, 7) is 4.55. The molecule has 2 aromatic heterocycles. The molecule has 8 heteroatoms. The van der Waals surface area contributed by atoms with Gasteiger partial charge in [-0.15, -0.1) is 0 Å². The van der Waals surface area contributed by atoms with Gasteiger partial charge in [-0.1, -0.05) is 42.0 Å². The molecule has 0 fully saturated rings. The third-order valence-electron chi connectivity index (χ3n) is 6.70. The number of carbonyl (C=O) groups is 1. The van der Waals surface area contributed by atoms with Crippen LogP contribution in [0.4, 0.5) is 0 Å². The fourth-order valence-electron chi connectivity index (χ4n) is 4.71. The number of nitrogens with zero attached hydrogens (tertiary/aromatic N) is 4. The molecule has 1 N–H and O–H groups in total. The van der Waals surface area contributed by atoms with Crippen LogP contribution in [-0.2, 0) is 33.1 Å². The summed E-state index contributed by atoms with van der Waals surface area (Å²) in [4.78, 5) is 28.6. The van der Waals surface area contributed by atoms with Gasteiger partial charge in [0.15, 0.2) is 5.65 Å². The van der Waals surface area contributed by atoms with Gasteiger partial charge in [-0.25, -0.2) is 0 Å². The monoisotopic (exact) mass is 471 g/mol. The van der Waals surface area contributed by atoms with Crippen LogP contribution in [-0.4, -0.2) is 38.6 Å². The predicted molar refractivity (Wildman–Crippen MR) is 134 cm³/mol. The summed E-state index contributed by atoms with van der Waals surface area (Å²) >= 11 is 0. The van der Waals surface area contributed by atoms with E-state index in [0.29, 0.717) is 24.3 Å². The first-order valence-corrected chi connectivity index (χ1v) is 11.7. The number of rotatable bonds is 6. The van der Waals surface area contributed by atoms with Crippen molar-refractivity contribution < 1.29 is 9.53 Å². The van der Waals surface area contributed by atoms with Crippen molar-refractivity contribution in [1.29, 1.82) is 0 Å². The van der Waals surface area contributed by atoms with Crippen LogP contribution in [0.15, 0.2) is 59.5 Å². The summed E-state index contributed by atoms with van der Waals surface area (Å²) in [6.07, 6.45) is 2.21. The first-order valence-electron chi connectivity index (χ1n) is 11.7. The molecule has 180 valence electrons. The smallest absolute Gasteiger partial charge is 0.279 e. The van der Waals surface area contributed by atoms with Crippen molar-refractivity contribution in [3.63, 3.8) is 0 Å². The third-order valence-corrected chi connectivity index (χ3v) is 6.70. The lowest BCUT2D eigenvalue weighted by atomic mass is 10.1. The van der Waals surface area contributed by atoms with Gasteiger partial charge in [0.05, 0.1) is 18.9 Å². The average molecular weight is 472 g/mol. The van der Waals surface area contributed by atoms with E-state index in [2.05, 4.69) is 15.3 Å². The van der Waals surface area contributed by atoms with E-state index in [4.69, 9.17) is 4.74 Å². The van der Waals surface area contributed by atoms with E-state index in [9.17, 15) is 9.59 Å². The molecule has 0 saturated carbocycles. The second-order valence-electron chi connectivity index (χ2n) is 9.06. The second kappa shape index (κ2) is 9.38. The summed E-state index contributed by atoms with van der Waals surface area (Å²) < 4.78 is 8.55. The van der Waals surface area contributed by atoms with Gasteiger partial charge in [0.25, 0.3) is 11.5 Å². The Kier molecular flexibility index (Phi) is 6.13. The van der Waals surface area contributed by atoms with Crippen LogP contribution >= 0.6 is 0 Å². The maximum Gasteiger partial charge on any atom is 0.279 e. The van der Waals surface area contributed by atoms with E-state index < -0.39 is 0 Å². The summed E-state index contributed by atoms with van der Waals surface area (Å²) in [7, 11) is 3.56. The number of aromatic nitrogens is 3. The molecule has 0 atom stereocenters. The molecular formula is C27H29N5O3. The minimum atomic E-state index is -0.243. The van der Waals surface area contributed by atoms with E-state index in [1.807, 2.05) is 67.1 Å². The highest BCUT2D eigenvalue weighted by Crippen LogP contribution is 2.22. The van der Waals surface area contributed by atoms with Crippen LogP contribution in [0.3, 0.4) is 0 Å². The van der Waals surface area contributed by atoms with Crippen molar-refractivity contribution in [3.8, 4) is 5.75 Å². The molecule has 8 nitrogen and oxygen atoms in total. The summed E-state index contributed by atoms with van der Waals surface area (Å²) in [5.41, 5.74) is 5.81. The van der Waals surface area contributed by atoms with Gasteiger partial charge in [-0.2, -0.15) is 9.61 Å². The zero-order valence-electron chi connectivity index (χ0n) is 20.2. The second-order valence-corrected chi connectivity index (χ2v) is 9.06. The van der Waals surface area contributed by atoms with E-state index in [1.54, 1.807) is 7.11 Å². The van der Waals surface area contributed by atoms with Gasteiger partial charge in [0.1, 0.15) is 11.3 Å². The number of benzene rings is 2. The van der Waals surface area contributed by atoms with Crippen LogP contribution in [0, 0.1) is 6.92 Å². The average Bonchev–Trinajstić information content (AvgIpc) is 3.33. The number of hydrogen-bond acceptors (Lipinski definition) is 5. The number of carbonyl (C=O) groups excluding carboxylic acids is 1. The van der Waals surface area contributed by atoms with Crippen LogP contribution < -0.4 is 15.6 Å². The van der Waals surface area contributed by atoms with Crippen LogP contribution in [0.25, 0.3) is 5.65 Å². The van der Waals surface area contributed by atoms with Crippen molar-refractivity contribution in [3.05, 3.63) is 98.6 Å². The molecular weight excluding hydrogens is 442 g/mol. The Morgan fingerprint density at radius 1 is 1.09 bits per heavy atom. The Balaban J connectivity index is 1.38. The molecule has 35 heavy (non-hydrogen) atoms. The zero-order chi connectivity index (χ0) is 24.5. The highest BCUT2D eigenvalue weighted by Gasteiger charge is 2.26. The van der Waals surface area contributed by atoms with E-state index in [1.165, 1.54) is 21.8 Å². The number of fused-ring (bicyclic) bond motifs is 2. The first-order chi connectivity index (χ1) is 16.9. The predicted octanol–water partition coefficient (Wildman–Crippen LogP) is 2.84. The molecule has 1 aliphatic heterocycles. The molecule has 1 amide bonds. The minimum absolute atomic E-state index is 0.162. The number of ether oxygens (including phenoxy) is 1. The highest BCUT2D eigenvalue weighted by atomic mass is 16.5. The van der Waals surface area contributed by atoms with Crippen molar-refractivity contribution in [2.45, 2.75) is 33.0 Å². The molecule has 0 unspecified atom stereocenters. The molecule has 5 rings (SSSR count). The third kappa shape index (κ3) is 4.44. The number of methoxy groups -OCH3 is 1. The van der Waals surface area contributed by atoms with Crippen LogP contribution in [0.1, 0.15) is 38.3 Å². The molecule has 0 saturated heterocycles. The van der Waals surface area contributed by atoms with E-state index in [-0.39, 0.29) is 11.5 Å². The quantitative estimate of drug-likeness (QED) is 0.468. The van der Waals surface area contributed by atoms with E-state index >= 15 is 0 Å². The lowest BCUT2D eigenvalue weighted by molar-refractivity contribution is 0.0952. The van der Waals surface area contributed by atoms with E-state index in [0.717, 1.165) is 42.1 Å². The van der Waals surface area contributed by atoms with Gasteiger partial charge < -0.3 is 14.6 Å². The Morgan fingerprint density at radius 3 is 2.51 bits per heavy atom. The number of aryl methyl sites for hydroxylation is 2. The maximum absolute atomic E-state index is 13.4.